The van der Waals surface area contributed by atoms with Crippen molar-refractivity contribution in [1.29, 1.82) is 0 Å². The van der Waals surface area contributed by atoms with E-state index >= 15 is 0 Å². The Morgan fingerprint density at radius 3 is 2.96 bits per heavy atom. The summed E-state index contributed by atoms with van der Waals surface area (Å²) in [7, 11) is 1.57. The van der Waals surface area contributed by atoms with Crippen molar-refractivity contribution in [2.75, 3.05) is 25.1 Å². The number of aromatic nitrogens is 2. The summed E-state index contributed by atoms with van der Waals surface area (Å²) in [5, 5.41) is 11.2. The van der Waals surface area contributed by atoms with Crippen LogP contribution in [0.2, 0.25) is 0 Å². The van der Waals surface area contributed by atoms with Gasteiger partial charge in [0.1, 0.15) is 5.75 Å². The number of rotatable bonds is 4. The standard InChI is InChI=1S/C17H20N4O2/c1-23-15-8-3-2-7-14(15)17(22)19-13-6-5-11-21(12-13)16-9-4-10-18-20-16/h2-4,7-10,13H,5-6,11-12H2,1H3,(H,19,22)/t13-/m1/s1. The minimum atomic E-state index is -0.103. The fourth-order valence-electron chi connectivity index (χ4n) is 2.86. The monoisotopic (exact) mass is 312 g/mol. The molecular formula is C17H20N4O2. The molecule has 1 aliphatic rings. The van der Waals surface area contributed by atoms with Crippen LogP contribution in [0.4, 0.5) is 5.82 Å². The smallest absolute Gasteiger partial charge is 0.255 e. The molecule has 1 fully saturated rings. The molecule has 0 unspecified atom stereocenters. The highest BCUT2D eigenvalue weighted by Crippen LogP contribution is 2.20. The second kappa shape index (κ2) is 7.09. The summed E-state index contributed by atoms with van der Waals surface area (Å²) in [4.78, 5) is 14.7. The molecule has 1 aromatic heterocycles. The lowest BCUT2D eigenvalue weighted by molar-refractivity contribution is 0.0930. The van der Waals surface area contributed by atoms with Crippen LogP contribution >= 0.6 is 0 Å². The Labute approximate surface area is 135 Å². The molecule has 2 heterocycles. The Hall–Kier alpha value is -2.63. The van der Waals surface area contributed by atoms with Gasteiger partial charge in [-0.05, 0) is 37.1 Å². The van der Waals surface area contributed by atoms with Crippen LogP contribution in [0.15, 0.2) is 42.6 Å². The van der Waals surface area contributed by atoms with Gasteiger partial charge in [-0.3, -0.25) is 4.79 Å². The molecule has 0 radical (unpaired) electrons. The van der Waals surface area contributed by atoms with E-state index < -0.39 is 0 Å². The van der Waals surface area contributed by atoms with Crippen molar-refractivity contribution in [2.24, 2.45) is 0 Å². The molecule has 23 heavy (non-hydrogen) atoms. The predicted octanol–water partition coefficient (Wildman–Crippen LogP) is 1.88. The summed E-state index contributed by atoms with van der Waals surface area (Å²) >= 11 is 0. The van der Waals surface area contributed by atoms with Crippen molar-refractivity contribution in [3.8, 4) is 5.75 Å². The van der Waals surface area contributed by atoms with Crippen molar-refractivity contribution >= 4 is 11.7 Å². The molecule has 0 spiro atoms. The second-order valence-corrected chi connectivity index (χ2v) is 5.54. The maximum absolute atomic E-state index is 12.5. The van der Waals surface area contributed by atoms with Crippen LogP contribution in [-0.2, 0) is 0 Å². The maximum atomic E-state index is 12.5. The molecule has 1 amide bonds. The van der Waals surface area contributed by atoms with Gasteiger partial charge < -0.3 is 15.0 Å². The number of carbonyl (C=O) groups is 1. The first-order chi connectivity index (χ1) is 11.3. The van der Waals surface area contributed by atoms with Crippen LogP contribution in [0.3, 0.4) is 0 Å². The zero-order chi connectivity index (χ0) is 16.1. The number of methoxy groups -OCH3 is 1. The van der Waals surface area contributed by atoms with Gasteiger partial charge in [-0.15, -0.1) is 5.10 Å². The third-order valence-corrected chi connectivity index (χ3v) is 3.99. The van der Waals surface area contributed by atoms with Crippen LogP contribution in [0.25, 0.3) is 0 Å². The number of para-hydroxylation sites is 1. The number of nitrogens with zero attached hydrogens (tertiary/aromatic N) is 3. The van der Waals surface area contributed by atoms with Crippen LogP contribution in [-0.4, -0.2) is 42.3 Å². The molecule has 2 aromatic rings. The number of amides is 1. The average Bonchev–Trinajstić information content (AvgIpc) is 2.62. The van der Waals surface area contributed by atoms with E-state index in [4.69, 9.17) is 4.74 Å². The number of nitrogens with one attached hydrogen (secondary N) is 1. The van der Waals surface area contributed by atoms with Gasteiger partial charge in [0.15, 0.2) is 5.82 Å². The van der Waals surface area contributed by atoms with Crippen molar-refractivity contribution in [2.45, 2.75) is 18.9 Å². The van der Waals surface area contributed by atoms with Gasteiger partial charge >= 0.3 is 0 Å². The first-order valence-corrected chi connectivity index (χ1v) is 7.74. The van der Waals surface area contributed by atoms with Gasteiger partial charge in [0, 0.05) is 25.3 Å². The van der Waals surface area contributed by atoms with E-state index in [0.29, 0.717) is 11.3 Å². The summed E-state index contributed by atoms with van der Waals surface area (Å²) in [5.41, 5.74) is 0.562. The maximum Gasteiger partial charge on any atom is 0.255 e. The third kappa shape index (κ3) is 3.59. The average molecular weight is 312 g/mol. The van der Waals surface area contributed by atoms with Crippen molar-refractivity contribution in [1.82, 2.24) is 15.5 Å². The van der Waals surface area contributed by atoms with Gasteiger partial charge in [-0.25, -0.2) is 0 Å². The summed E-state index contributed by atoms with van der Waals surface area (Å²) in [6, 6.07) is 11.2. The Morgan fingerprint density at radius 1 is 1.30 bits per heavy atom. The molecule has 0 saturated carbocycles. The zero-order valence-electron chi connectivity index (χ0n) is 13.1. The molecule has 1 atom stereocenters. The number of hydrogen-bond acceptors (Lipinski definition) is 5. The quantitative estimate of drug-likeness (QED) is 0.934. The van der Waals surface area contributed by atoms with Gasteiger partial charge in [-0.2, -0.15) is 5.10 Å². The summed E-state index contributed by atoms with van der Waals surface area (Å²) in [5.74, 6) is 1.34. The van der Waals surface area contributed by atoms with Gasteiger partial charge in [0.05, 0.1) is 12.7 Å². The molecule has 1 aliphatic heterocycles. The Kier molecular flexibility index (Phi) is 4.71. The molecule has 1 saturated heterocycles. The zero-order valence-corrected chi connectivity index (χ0v) is 13.1. The number of anilines is 1. The van der Waals surface area contributed by atoms with E-state index in [1.165, 1.54) is 0 Å². The number of hydrogen-bond donors (Lipinski definition) is 1. The number of ether oxygens (including phenoxy) is 1. The fourth-order valence-corrected chi connectivity index (χ4v) is 2.86. The number of benzene rings is 1. The number of carbonyl (C=O) groups excluding carboxylic acids is 1. The summed E-state index contributed by atoms with van der Waals surface area (Å²) in [6.45, 7) is 1.67. The lowest BCUT2D eigenvalue weighted by Gasteiger charge is -2.33. The minimum Gasteiger partial charge on any atom is -0.496 e. The molecule has 0 bridgehead atoms. The van der Waals surface area contributed by atoms with E-state index in [1.807, 2.05) is 24.3 Å². The third-order valence-electron chi connectivity index (χ3n) is 3.99. The highest BCUT2D eigenvalue weighted by molar-refractivity contribution is 5.97. The SMILES string of the molecule is COc1ccccc1C(=O)N[C@@H]1CCCN(c2cccnn2)C1. The normalized spacial score (nSPS) is 17.6. The highest BCUT2D eigenvalue weighted by Gasteiger charge is 2.23. The topological polar surface area (TPSA) is 67.3 Å². The molecule has 6 nitrogen and oxygen atoms in total. The van der Waals surface area contributed by atoms with E-state index in [0.717, 1.165) is 31.7 Å². The van der Waals surface area contributed by atoms with Crippen LogP contribution in [0, 0.1) is 0 Å². The van der Waals surface area contributed by atoms with E-state index in [1.54, 1.807) is 25.4 Å². The number of piperidine rings is 1. The molecule has 6 heteroatoms. The summed E-state index contributed by atoms with van der Waals surface area (Å²) < 4.78 is 5.26. The Morgan fingerprint density at radius 2 is 2.17 bits per heavy atom. The van der Waals surface area contributed by atoms with Gasteiger partial charge in [0.2, 0.25) is 0 Å². The van der Waals surface area contributed by atoms with Crippen molar-refractivity contribution < 1.29 is 9.53 Å². The van der Waals surface area contributed by atoms with E-state index in [2.05, 4.69) is 20.4 Å². The second-order valence-electron chi connectivity index (χ2n) is 5.54. The lowest BCUT2D eigenvalue weighted by atomic mass is 10.0. The molecule has 3 rings (SSSR count). The molecule has 1 aromatic carbocycles. The fraction of sp³-hybridized carbons (Fsp3) is 0.353. The molecule has 0 aliphatic carbocycles. The Balaban J connectivity index is 1.67. The van der Waals surface area contributed by atoms with Crippen LogP contribution in [0.5, 0.6) is 5.75 Å². The van der Waals surface area contributed by atoms with Crippen molar-refractivity contribution in [3.05, 3.63) is 48.2 Å². The molecule has 1 N–H and O–H groups in total. The van der Waals surface area contributed by atoms with Crippen LogP contribution < -0.4 is 15.0 Å². The first kappa shape index (κ1) is 15.3. The summed E-state index contributed by atoms with van der Waals surface area (Å²) in [6.07, 6.45) is 3.62. The minimum absolute atomic E-state index is 0.0863. The van der Waals surface area contributed by atoms with Gasteiger partial charge in [-0.1, -0.05) is 12.1 Å². The first-order valence-electron chi connectivity index (χ1n) is 7.74. The molecule has 120 valence electrons. The van der Waals surface area contributed by atoms with Gasteiger partial charge in [0.25, 0.3) is 5.91 Å². The van der Waals surface area contributed by atoms with Crippen LogP contribution in [0.1, 0.15) is 23.2 Å². The lowest BCUT2D eigenvalue weighted by Crippen LogP contribution is -2.48. The van der Waals surface area contributed by atoms with E-state index in [-0.39, 0.29) is 11.9 Å². The predicted molar refractivity (Wildman–Crippen MR) is 87.7 cm³/mol. The largest absolute Gasteiger partial charge is 0.496 e. The highest BCUT2D eigenvalue weighted by atomic mass is 16.5. The Bertz CT molecular complexity index is 663. The molecular weight excluding hydrogens is 292 g/mol. The van der Waals surface area contributed by atoms with E-state index in [9.17, 15) is 4.79 Å². The van der Waals surface area contributed by atoms with Crippen molar-refractivity contribution in [3.63, 3.8) is 0 Å².